The van der Waals surface area contributed by atoms with Crippen LogP contribution in [0.4, 0.5) is 23.1 Å². The standard InChI is InChI=1S/C22H21N5O/c1-16-13-21(26-28-16)25-20-14-22(24-17(2)23-20)27(19-11-7-4-8-12-19)15-18-9-5-3-6-10-18/h3-14H,15H2,1-2H3,(H,23,24,25,26). The monoisotopic (exact) mass is 371 g/mol. The number of anilines is 4. The summed E-state index contributed by atoms with van der Waals surface area (Å²) in [6.07, 6.45) is 0. The van der Waals surface area contributed by atoms with Crippen LogP contribution in [0.15, 0.2) is 77.3 Å². The normalized spacial score (nSPS) is 10.6. The molecule has 0 saturated carbocycles. The van der Waals surface area contributed by atoms with Gasteiger partial charge in [0.1, 0.15) is 23.2 Å². The van der Waals surface area contributed by atoms with Gasteiger partial charge >= 0.3 is 0 Å². The molecule has 0 spiro atoms. The van der Waals surface area contributed by atoms with E-state index in [9.17, 15) is 0 Å². The molecule has 2 heterocycles. The van der Waals surface area contributed by atoms with Crippen molar-refractivity contribution in [2.45, 2.75) is 20.4 Å². The van der Waals surface area contributed by atoms with Gasteiger partial charge in [0.25, 0.3) is 0 Å². The minimum absolute atomic E-state index is 0.621. The Kier molecular flexibility index (Phi) is 5.01. The molecule has 2 aromatic carbocycles. The molecule has 0 atom stereocenters. The molecule has 0 bridgehead atoms. The van der Waals surface area contributed by atoms with E-state index in [1.807, 2.05) is 62.4 Å². The first kappa shape index (κ1) is 17.7. The first-order chi connectivity index (χ1) is 13.7. The summed E-state index contributed by atoms with van der Waals surface area (Å²) in [6.45, 7) is 4.43. The molecule has 1 N–H and O–H groups in total. The number of para-hydroxylation sites is 1. The van der Waals surface area contributed by atoms with Gasteiger partial charge in [-0.1, -0.05) is 53.7 Å². The van der Waals surface area contributed by atoms with E-state index >= 15 is 0 Å². The van der Waals surface area contributed by atoms with E-state index in [1.54, 1.807) is 0 Å². The number of hydrogen-bond donors (Lipinski definition) is 1. The summed E-state index contributed by atoms with van der Waals surface area (Å²) < 4.78 is 5.13. The maximum atomic E-state index is 5.13. The maximum Gasteiger partial charge on any atom is 0.175 e. The summed E-state index contributed by atoms with van der Waals surface area (Å²) in [5, 5.41) is 7.17. The summed E-state index contributed by atoms with van der Waals surface area (Å²) in [6, 6.07) is 24.3. The molecular weight excluding hydrogens is 350 g/mol. The number of benzene rings is 2. The van der Waals surface area contributed by atoms with Crippen LogP contribution in [-0.4, -0.2) is 15.1 Å². The van der Waals surface area contributed by atoms with E-state index in [0.717, 1.165) is 17.3 Å². The van der Waals surface area contributed by atoms with Crippen molar-refractivity contribution < 1.29 is 4.52 Å². The van der Waals surface area contributed by atoms with Crippen LogP contribution in [0.2, 0.25) is 0 Å². The van der Waals surface area contributed by atoms with Crippen LogP contribution in [0, 0.1) is 13.8 Å². The number of aromatic nitrogens is 3. The molecule has 0 unspecified atom stereocenters. The zero-order chi connectivity index (χ0) is 19.3. The van der Waals surface area contributed by atoms with Gasteiger partial charge in [-0.3, -0.25) is 0 Å². The van der Waals surface area contributed by atoms with Gasteiger partial charge < -0.3 is 14.7 Å². The van der Waals surface area contributed by atoms with Gasteiger partial charge in [0.2, 0.25) is 0 Å². The summed E-state index contributed by atoms with van der Waals surface area (Å²) in [5.74, 6) is 3.52. The minimum Gasteiger partial charge on any atom is -0.360 e. The Bertz CT molecular complexity index is 1050. The number of aryl methyl sites for hydroxylation is 2. The smallest absolute Gasteiger partial charge is 0.175 e. The quantitative estimate of drug-likeness (QED) is 0.505. The minimum atomic E-state index is 0.621. The molecule has 6 heteroatoms. The first-order valence-electron chi connectivity index (χ1n) is 9.10. The molecule has 0 radical (unpaired) electrons. The molecule has 2 aromatic heterocycles. The molecule has 6 nitrogen and oxygen atoms in total. The molecule has 0 fully saturated rings. The summed E-state index contributed by atoms with van der Waals surface area (Å²) in [7, 11) is 0. The lowest BCUT2D eigenvalue weighted by Crippen LogP contribution is -2.18. The predicted molar refractivity (Wildman–Crippen MR) is 110 cm³/mol. The van der Waals surface area contributed by atoms with Crippen molar-refractivity contribution in [3.8, 4) is 0 Å². The highest BCUT2D eigenvalue weighted by Gasteiger charge is 2.14. The van der Waals surface area contributed by atoms with Gasteiger partial charge in [-0.25, -0.2) is 9.97 Å². The van der Waals surface area contributed by atoms with E-state index in [-0.39, 0.29) is 0 Å². The van der Waals surface area contributed by atoms with Crippen molar-refractivity contribution in [2.75, 3.05) is 10.2 Å². The average Bonchev–Trinajstić information content (AvgIpc) is 3.11. The SMILES string of the molecule is Cc1nc(Nc2cc(C)on2)cc(N(Cc2ccccc2)c2ccccc2)n1. The highest BCUT2D eigenvalue weighted by molar-refractivity contribution is 5.64. The summed E-state index contributed by atoms with van der Waals surface area (Å²) in [5.41, 5.74) is 2.26. The lowest BCUT2D eigenvalue weighted by molar-refractivity contribution is 0.400. The molecule has 4 rings (SSSR count). The Labute approximate surface area is 163 Å². The third kappa shape index (κ3) is 4.17. The molecule has 0 saturated heterocycles. The zero-order valence-corrected chi connectivity index (χ0v) is 15.8. The Balaban J connectivity index is 1.71. The van der Waals surface area contributed by atoms with Crippen molar-refractivity contribution in [1.29, 1.82) is 0 Å². The zero-order valence-electron chi connectivity index (χ0n) is 15.8. The van der Waals surface area contributed by atoms with Crippen LogP contribution >= 0.6 is 0 Å². The molecule has 140 valence electrons. The van der Waals surface area contributed by atoms with Gasteiger partial charge in [-0.2, -0.15) is 0 Å². The van der Waals surface area contributed by atoms with E-state index < -0.39 is 0 Å². The highest BCUT2D eigenvalue weighted by Crippen LogP contribution is 2.28. The van der Waals surface area contributed by atoms with Crippen LogP contribution in [0.5, 0.6) is 0 Å². The number of hydrogen-bond acceptors (Lipinski definition) is 6. The fourth-order valence-corrected chi connectivity index (χ4v) is 2.99. The van der Waals surface area contributed by atoms with Crippen molar-refractivity contribution in [1.82, 2.24) is 15.1 Å². The van der Waals surface area contributed by atoms with Gasteiger partial charge in [0, 0.05) is 24.4 Å². The molecule has 0 amide bonds. The number of nitrogens with one attached hydrogen (secondary N) is 1. The lowest BCUT2D eigenvalue weighted by atomic mass is 10.2. The third-order valence-corrected chi connectivity index (χ3v) is 4.24. The molecule has 0 aliphatic rings. The van der Waals surface area contributed by atoms with Gasteiger partial charge in [0.15, 0.2) is 5.82 Å². The summed E-state index contributed by atoms with van der Waals surface area (Å²) in [4.78, 5) is 11.3. The van der Waals surface area contributed by atoms with E-state index in [4.69, 9.17) is 4.52 Å². The second-order valence-electron chi connectivity index (χ2n) is 6.51. The van der Waals surface area contributed by atoms with Crippen molar-refractivity contribution in [3.63, 3.8) is 0 Å². The summed E-state index contributed by atoms with van der Waals surface area (Å²) >= 11 is 0. The molecular formula is C22H21N5O. The first-order valence-corrected chi connectivity index (χ1v) is 9.10. The van der Waals surface area contributed by atoms with Crippen LogP contribution < -0.4 is 10.2 Å². The Hall–Kier alpha value is -3.67. The average molecular weight is 371 g/mol. The Morgan fingerprint density at radius 3 is 2.25 bits per heavy atom. The molecule has 4 aromatic rings. The van der Waals surface area contributed by atoms with Crippen LogP contribution in [0.1, 0.15) is 17.1 Å². The van der Waals surface area contributed by atoms with E-state index in [0.29, 0.717) is 24.0 Å². The predicted octanol–water partition coefficient (Wildman–Crippen LogP) is 5.16. The van der Waals surface area contributed by atoms with Crippen LogP contribution in [0.25, 0.3) is 0 Å². The number of rotatable bonds is 6. The molecule has 0 aliphatic heterocycles. The third-order valence-electron chi connectivity index (χ3n) is 4.24. The van der Waals surface area contributed by atoms with E-state index in [1.165, 1.54) is 5.56 Å². The Morgan fingerprint density at radius 2 is 1.57 bits per heavy atom. The molecule has 0 aliphatic carbocycles. The van der Waals surface area contributed by atoms with Crippen molar-refractivity contribution in [3.05, 3.63) is 89.9 Å². The van der Waals surface area contributed by atoms with E-state index in [2.05, 4.69) is 49.6 Å². The highest BCUT2D eigenvalue weighted by atomic mass is 16.5. The fourth-order valence-electron chi connectivity index (χ4n) is 2.99. The molecule has 28 heavy (non-hydrogen) atoms. The number of nitrogens with zero attached hydrogens (tertiary/aromatic N) is 4. The maximum absolute atomic E-state index is 5.13. The lowest BCUT2D eigenvalue weighted by Gasteiger charge is -2.24. The van der Waals surface area contributed by atoms with Gasteiger partial charge in [-0.15, -0.1) is 0 Å². The fraction of sp³-hybridized carbons (Fsp3) is 0.136. The topological polar surface area (TPSA) is 67.1 Å². The van der Waals surface area contributed by atoms with Gasteiger partial charge in [-0.05, 0) is 31.5 Å². The largest absolute Gasteiger partial charge is 0.360 e. The van der Waals surface area contributed by atoms with Crippen LogP contribution in [-0.2, 0) is 6.54 Å². The van der Waals surface area contributed by atoms with Crippen LogP contribution in [0.3, 0.4) is 0 Å². The van der Waals surface area contributed by atoms with Gasteiger partial charge in [0.05, 0.1) is 0 Å². The second-order valence-corrected chi connectivity index (χ2v) is 6.51. The second kappa shape index (κ2) is 7.92. The van der Waals surface area contributed by atoms with Crippen molar-refractivity contribution in [2.24, 2.45) is 0 Å². The Morgan fingerprint density at radius 1 is 0.857 bits per heavy atom. The van der Waals surface area contributed by atoms with Crippen molar-refractivity contribution >= 4 is 23.1 Å².